The van der Waals surface area contributed by atoms with Crippen LogP contribution in [-0.4, -0.2) is 22.7 Å². The number of hydrogen-bond donors (Lipinski definition) is 1. The zero-order valence-corrected chi connectivity index (χ0v) is 17.7. The molecule has 1 aromatic heterocycles. The Bertz CT molecular complexity index is 1190. The van der Waals surface area contributed by atoms with Crippen LogP contribution in [0.2, 0.25) is 0 Å². The van der Waals surface area contributed by atoms with Gasteiger partial charge in [0.2, 0.25) is 5.82 Å². The molecule has 0 unspecified atom stereocenters. The molecule has 4 rings (SSSR count). The topological polar surface area (TPSA) is 77.2 Å². The van der Waals surface area contributed by atoms with Crippen LogP contribution in [0.3, 0.4) is 0 Å². The summed E-state index contributed by atoms with van der Waals surface area (Å²) in [6.45, 7) is 5.90. The van der Waals surface area contributed by atoms with Crippen LogP contribution in [-0.2, 0) is 4.79 Å². The van der Waals surface area contributed by atoms with Gasteiger partial charge in [-0.3, -0.25) is 4.79 Å². The number of nitrogens with zero attached hydrogens (tertiary/aromatic N) is 2. The monoisotopic (exact) mass is 413 g/mol. The van der Waals surface area contributed by atoms with E-state index in [2.05, 4.69) is 21.5 Å². The second-order valence-corrected chi connectivity index (χ2v) is 7.50. The fraction of sp³-hybridized carbons (Fsp3) is 0.160. The van der Waals surface area contributed by atoms with Crippen molar-refractivity contribution >= 4 is 11.6 Å². The van der Waals surface area contributed by atoms with Gasteiger partial charge in [0, 0.05) is 5.56 Å². The molecule has 0 saturated carbocycles. The molecule has 0 bridgehead atoms. The van der Waals surface area contributed by atoms with E-state index in [1.165, 1.54) is 0 Å². The summed E-state index contributed by atoms with van der Waals surface area (Å²) in [5, 5.41) is 6.95. The van der Waals surface area contributed by atoms with Gasteiger partial charge >= 0.3 is 0 Å². The van der Waals surface area contributed by atoms with Gasteiger partial charge in [0.15, 0.2) is 6.61 Å². The molecular weight excluding hydrogens is 390 g/mol. The van der Waals surface area contributed by atoms with Crippen LogP contribution in [0.1, 0.15) is 16.7 Å². The molecule has 6 heteroatoms. The average Bonchev–Trinajstić information content (AvgIpc) is 3.22. The van der Waals surface area contributed by atoms with Crippen molar-refractivity contribution in [1.29, 1.82) is 0 Å². The van der Waals surface area contributed by atoms with E-state index in [9.17, 15) is 4.79 Å². The summed E-state index contributed by atoms with van der Waals surface area (Å²) < 4.78 is 11.1. The fourth-order valence-corrected chi connectivity index (χ4v) is 3.28. The lowest BCUT2D eigenvalue weighted by molar-refractivity contribution is -0.118. The molecule has 0 radical (unpaired) electrons. The van der Waals surface area contributed by atoms with Gasteiger partial charge in [-0.25, -0.2) is 0 Å². The number of anilines is 1. The summed E-state index contributed by atoms with van der Waals surface area (Å²) in [5.74, 6) is 1.22. The first-order chi connectivity index (χ1) is 15.0. The van der Waals surface area contributed by atoms with Gasteiger partial charge < -0.3 is 14.6 Å². The maximum Gasteiger partial charge on any atom is 0.262 e. The number of carbonyl (C=O) groups excluding carboxylic acids is 1. The lowest BCUT2D eigenvalue weighted by Crippen LogP contribution is -2.20. The molecule has 0 aliphatic carbocycles. The van der Waals surface area contributed by atoms with E-state index >= 15 is 0 Å². The smallest absolute Gasteiger partial charge is 0.262 e. The third kappa shape index (κ3) is 4.98. The van der Waals surface area contributed by atoms with Crippen molar-refractivity contribution in [3.05, 3.63) is 83.4 Å². The van der Waals surface area contributed by atoms with Gasteiger partial charge in [0.1, 0.15) is 5.75 Å². The Morgan fingerprint density at radius 3 is 2.39 bits per heavy atom. The molecule has 6 nitrogen and oxygen atoms in total. The van der Waals surface area contributed by atoms with E-state index in [0.29, 0.717) is 28.7 Å². The van der Waals surface area contributed by atoms with Crippen LogP contribution >= 0.6 is 0 Å². The lowest BCUT2D eigenvalue weighted by Gasteiger charge is -2.10. The minimum atomic E-state index is -0.273. The normalized spacial score (nSPS) is 10.7. The number of amides is 1. The second-order valence-electron chi connectivity index (χ2n) is 7.50. The first kappa shape index (κ1) is 20.3. The fourth-order valence-electron chi connectivity index (χ4n) is 3.28. The van der Waals surface area contributed by atoms with Crippen molar-refractivity contribution in [3.8, 4) is 28.6 Å². The number of ether oxygens (including phenoxy) is 1. The van der Waals surface area contributed by atoms with E-state index in [1.54, 1.807) is 6.07 Å². The SMILES string of the molecule is Cc1ccc(-c2noc(-c3ccccc3NC(=O)COc3cc(C)cc(C)c3)n2)cc1. The first-order valence-corrected chi connectivity index (χ1v) is 9.99. The number of aromatic nitrogens is 2. The molecule has 156 valence electrons. The summed E-state index contributed by atoms with van der Waals surface area (Å²) in [6, 6.07) is 21.0. The van der Waals surface area contributed by atoms with Crippen LogP contribution in [0.25, 0.3) is 22.8 Å². The largest absolute Gasteiger partial charge is 0.484 e. The van der Waals surface area contributed by atoms with E-state index in [-0.39, 0.29) is 12.5 Å². The predicted octanol–water partition coefficient (Wildman–Crippen LogP) is 5.35. The van der Waals surface area contributed by atoms with Crippen molar-refractivity contribution < 1.29 is 14.1 Å². The van der Waals surface area contributed by atoms with Crippen LogP contribution < -0.4 is 10.1 Å². The number of benzene rings is 3. The van der Waals surface area contributed by atoms with E-state index in [1.807, 2.05) is 75.4 Å². The zero-order valence-electron chi connectivity index (χ0n) is 17.7. The highest BCUT2D eigenvalue weighted by atomic mass is 16.5. The molecule has 1 amide bonds. The van der Waals surface area contributed by atoms with Gasteiger partial charge in [-0.15, -0.1) is 0 Å². The highest BCUT2D eigenvalue weighted by Gasteiger charge is 2.15. The quantitative estimate of drug-likeness (QED) is 0.461. The molecular formula is C25H23N3O3. The van der Waals surface area contributed by atoms with E-state index in [0.717, 1.165) is 22.3 Å². The number of hydrogen-bond acceptors (Lipinski definition) is 5. The van der Waals surface area contributed by atoms with Crippen molar-refractivity contribution in [2.45, 2.75) is 20.8 Å². The molecule has 0 spiro atoms. The maximum atomic E-state index is 12.5. The number of aryl methyl sites for hydroxylation is 3. The number of carbonyl (C=O) groups is 1. The summed E-state index contributed by atoms with van der Waals surface area (Å²) in [5.41, 5.74) is 5.42. The summed E-state index contributed by atoms with van der Waals surface area (Å²) in [7, 11) is 0. The Hall–Kier alpha value is -3.93. The number of para-hydroxylation sites is 1. The van der Waals surface area contributed by atoms with Gasteiger partial charge in [-0.2, -0.15) is 4.98 Å². The Morgan fingerprint density at radius 2 is 1.65 bits per heavy atom. The molecule has 4 aromatic rings. The van der Waals surface area contributed by atoms with Crippen LogP contribution in [0.4, 0.5) is 5.69 Å². The van der Waals surface area contributed by atoms with E-state index < -0.39 is 0 Å². The molecule has 0 aliphatic rings. The van der Waals surface area contributed by atoms with Crippen LogP contribution in [0.5, 0.6) is 5.75 Å². The van der Waals surface area contributed by atoms with Gasteiger partial charge in [-0.1, -0.05) is 53.2 Å². The molecule has 3 aromatic carbocycles. The van der Waals surface area contributed by atoms with Crippen molar-refractivity contribution in [2.24, 2.45) is 0 Å². The van der Waals surface area contributed by atoms with Crippen molar-refractivity contribution in [3.63, 3.8) is 0 Å². The molecule has 1 N–H and O–H groups in total. The predicted molar refractivity (Wildman–Crippen MR) is 120 cm³/mol. The Morgan fingerprint density at radius 1 is 0.935 bits per heavy atom. The standard InChI is InChI=1S/C25H23N3O3/c1-16-8-10-19(11-9-16)24-27-25(31-28-24)21-6-4-5-7-22(21)26-23(29)15-30-20-13-17(2)12-18(3)14-20/h4-14H,15H2,1-3H3,(H,26,29). The second kappa shape index (κ2) is 8.83. The summed E-state index contributed by atoms with van der Waals surface area (Å²) in [4.78, 5) is 17.0. The summed E-state index contributed by atoms with van der Waals surface area (Å²) >= 11 is 0. The van der Waals surface area contributed by atoms with E-state index in [4.69, 9.17) is 9.26 Å². The molecule has 31 heavy (non-hydrogen) atoms. The molecule has 0 fully saturated rings. The Kier molecular flexibility index (Phi) is 5.80. The molecule has 1 heterocycles. The van der Waals surface area contributed by atoms with Crippen molar-refractivity contribution in [2.75, 3.05) is 11.9 Å². The van der Waals surface area contributed by atoms with Crippen molar-refractivity contribution in [1.82, 2.24) is 10.1 Å². The average molecular weight is 413 g/mol. The molecule has 0 atom stereocenters. The minimum absolute atomic E-state index is 0.102. The third-order valence-corrected chi connectivity index (χ3v) is 4.73. The molecule has 0 saturated heterocycles. The summed E-state index contributed by atoms with van der Waals surface area (Å²) in [6.07, 6.45) is 0. The zero-order chi connectivity index (χ0) is 21.8. The van der Waals surface area contributed by atoms with Gasteiger partial charge in [-0.05, 0) is 56.2 Å². The lowest BCUT2D eigenvalue weighted by atomic mass is 10.1. The van der Waals surface area contributed by atoms with Gasteiger partial charge in [0.05, 0.1) is 11.3 Å². The van der Waals surface area contributed by atoms with Gasteiger partial charge in [0.25, 0.3) is 11.8 Å². The number of rotatable bonds is 6. The first-order valence-electron chi connectivity index (χ1n) is 9.99. The highest BCUT2D eigenvalue weighted by molar-refractivity contribution is 5.95. The Balaban J connectivity index is 1.48. The molecule has 0 aliphatic heterocycles. The van der Waals surface area contributed by atoms with Crippen LogP contribution in [0.15, 0.2) is 71.3 Å². The number of nitrogens with one attached hydrogen (secondary N) is 1. The Labute approximate surface area is 180 Å². The third-order valence-electron chi connectivity index (χ3n) is 4.73. The maximum absolute atomic E-state index is 12.5. The minimum Gasteiger partial charge on any atom is -0.484 e. The highest BCUT2D eigenvalue weighted by Crippen LogP contribution is 2.28. The van der Waals surface area contributed by atoms with Crippen LogP contribution in [0, 0.1) is 20.8 Å².